The molecule has 0 radical (unpaired) electrons. The topological polar surface area (TPSA) is 75.6 Å². The number of hydrogen-bond acceptors (Lipinski definition) is 5. The summed E-state index contributed by atoms with van der Waals surface area (Å²) < 4.78 is 4.97. The van der Waals surface area contributed by atoms with Crippen LogP contribution >= 0.6 is 0 Å². The zero-order valence-corrected chi connectivity index (χ0v) is 10.6. The Bertz CT molecular complexity index is 467. The summed E-state index contributed by atoms with van der Waals surface area (Å²) in [7, 11) is 1.55. The van der Waals surface area contributed by atoms with Crippen molar-refractivity contribution in [1.82, 2.24) is 15.6 Å². The number of carbonyl (C=O) groups excluding carboxylic acids is 1. The minimum atomic E-state index is -0.537. The molecule has 2 N–H and O–H groups in total. The molecule has 2 heterocycles. The van der Waals surface area contributed by atoms with Gasteiger partial charge in [-0.05, 0) is 19.9 Å². The molecule has 1 atom stereocenters. The van der Waals surface area contributed by atoms with Crippen LogP contribution in [-0.2, 0) is 4.79 Å². The van der Waals surface area contributed by atoms with E-state index in [1.165, 1.54) is 0 Å². The number of carbonyl (C=O) groups is 1. The Kier molecular flexibility index (Phi) is 3.45. The van der Waals surface area contributed by atoms with Gasteiger partial charge in [0.15, 0.2) is 12.0 Å². The van der Waals surface area contributed by atoms with E-state index in [-0.39, 0.29) is 11.9 Å². The first-order valence-electron chi connectivity index (χ1n) is 5.75. The number of hydrogen-bond donors (Lipinski definition) is 2. The number of rotatable bonds is 3. The van der Waals surface area contributed by atoms with Gasteiger partial charge in [0.25, 0.3) is 5.91 Å². The maximum Gasteiger partial charge on any atom is 0.256 e. The van der Waals surface area contributed by atoms with E-state index in [0.717, 1.165) is 5.56 Å². The average Bonchev–Trinajstić information content (AvgIpc) is 2.69. The normalized spacial score (nSPS) is 18.6. The molecular formula is C12H16N4O2. The van der Waals surface area contributed by atoms with Crippen LogP contribution in [0.2, 0.25) is 0 Å². The Morgan fingerprint density at radius 1 is 1.44 bits per heavy atom. The second-order valence-corrected chi connectivity index (χ2v) is 4.30. The number of ether oxygens (including phenoxy) is 1. The van der Waals surface area contributed by atoms with E-state index in [0.29, 0.717) is 11.8 Å². The van der Waals surface area contributed by atoms with Crippen LogP contribution in [-0.4, -0.2) is 30.0 Å². The lowest BCUT2D eigenvalue weighted by Crippen LogP contribution is -2.40. The summed E-state index contributed by atoms with van der Waals surface area (Å²) in [5, 5.41) is 5.77. The highest BCUT2D eigenvalue weighted by molar-refractivity contribution is 6.05. The third-order valence-electron chi connectivity index (χ3n) is 2.46. The fourth-order valence-electron chi connectivity index (χ4n) is 1.65. The highest BCUT2D eigenvalue weighted by Gasteiger charge is 2.28. The van der Waals surface area contributed by atoms with Crippen LogP contribution in [0.15, 0.2) is 23.3 Å². The Balaban J connectivity index is 2.16. The molecule has 0 aromatic carbocycles. The Morgan fingerprint density at radius 2 is 2.22 bits per heavy atom. The number of pyridine rings is 1. The first-order valence-corrected chi connectivity index (χ1v) is 5.75. The molecule has 0 saturated carbocycles. The minimum absolute atomic E-state index is 0.148. The molecule has 1 aromatic heterocycles. The molecule has 1 aliphatic rings. The zero-order valence-electron chi connectivity index (χ0n) is 10.6. The van der Waals surface area contributed by atoms with Crippen molar-refractivity contribution in [3.05, 3.63) is 23.9 Å². The fourth-order valence-corrected chi connectivity index (χ4v) is 1.65. The molecule has 1 aliphatic heterocycles. The lowest BCUT2D eigenvalue weighted by molar-refractivity contribution is -0.120. The molecule has 1 unspecified atom stereocenters. The molecule has 0 bridgehead atoms. The van der Waals surface area contributed by atoms with Gasteiger partial charge in [-0.15, -0.1) is 0 Å². The first kappa shape index (κ1) is 12.3. The van der Waals surface area contributed by atoms with Gasteiger partial charge in [0.05, 0.1) is 7.11 Å². The van der Waals surface area contributed by atoms with Gasteiger partial charge in [-0.2, -0.15) is 0 Å². The van der Waals surface area contributed by atoms with Crippen molar-refractivity contribution in [3.8, 4) is 5.88 Å². The van der Waals surface area contributed by atoms with E-state index in [9.17, 15) is 4.79 Å². The third kappa shape index (κ3) is 2.58. The van der Waals surface area contributed by atoms with Crippen molar-refractivity contribution >= 4 is 11.9 Å². The first-order chi connectivity index (χ1) is 8.60. The van der Waals surface area contributed by atoms with Crippen molar-refractivity contribution < 1.29 is 9.53 Å². The SMILES string of the molecule is COc1ccc(C2N=C(NC(C)C)NC2=O)cn1. The smallest absolute Gasteiger partial charge is 0.256 e. The van der Waals surface area contributed by atoms with Crippen LogP contribution in [0.3, 0.4) is 0 Å². The van der Waals surface area contributed by atoms with Crippen LogP contribution in [0, 0.1) is 0 Å². The van der Waals surface area contributed by atoms with Crippen LogP contribution in [0.5, 0.6) is 5.88 Å². The Labute approximate surface area is 105 Å². The van der Waals surface area contributed by atoms with Gasteiger partial charge in [0.2, 0.25) is 5.88 Å². The van der Waals surface area contributed by atoms with Gasteiger partial charge in [0.1, 0.15) is 0 Å². The molecule has 18 heavy (non-hydrogen) atoms. The summed E-state index contributed by atoms with van der Waals surface area (Å²) in [6, 6.07) is 3.19. The largest absolute Gasteiger partial charge is 0.481 e. The predicted octanol–water partition coefficient (Wildman–Crippen LogP) is 0.615. The number of methoxy groups -OCH3 is 1. The lowest BCUT2D eigenvalue weighted by atomic mass is 10.1. The number of guanidine groups is 1. The van der Waals surface area contributed by atoms with Crippen molar-refractivity contribution in [2.45, 2.75) is 25.9 Å². The number of aliphatic imine (C=N–C) groups is 1. The van der Waals surface area contributed by atoms with Crippen molar-refractivity contribution in [1.29, 1.82) is 0 Å². The van der Waals surface area contributed by atoms with Gasteiger partial charge in [-0.1, -0.05) is 0 Å². The summed E-state index contributed by atoms with van der Waals surface area (Å²) in [6.07, 6.45) is 1.60. The van der Waals surface area contributed by atoms with Crippen LogP contribution in [0.4, 0.5) is 0 Å². The van der Waals surface area contributed by atoms with E-state index in [1.54, 1.807) is 25.4 Å². The Hall–Kier alpha value is -2.11. The molecule has 2 rings (SSSR count). The zero-order chi connectivity index (χ0) is 13.1. The minimum Gasteiger partial charge on any atom is -0.481 e. The number of nitrogens with one attached hydrogen (secondary N) is 2. The van der Waals surface area contributed by atoms with Crippen LogP contribution in [0.25, 0.3) is 0 Å². The average molecular weight is 248 g/mol. The lowest BCUT2D eigenvalue weighted by Gasteiger charge is -2.07. The fraction of sp³-hybridized carbons (Fsp3) is 0.417. The van der Waals surface area contributed by atoms with Gasteiger partial charge in [-0.25, -0.2) is 9.98 Å². The number of aromatic nitrogens is 1. The number of nitrogens with zero attached hydrogens (tertiary/aromatic N) is 2. The van der Waals surface area contributed by atoms with E-state index in [4.69, 9.17) is 4.74 Å². The van der Waals surface area contributed by atoms with Crippen LogP contribution < -0.4 is 15.4 Å². The van der Waals surface area contributed by atoms with Crippen molar-refractivity contribution in [3.63, 3.8) is 0 Å². The molecule has 6 heteroatoms. The van der Waals surface area contributed by atoms with Gasteiger partial charge in [0, 0.05) is 23.9 Å². The Morgan fingerprint density at radius 3 is 2.78 bits per heavy atom. The standard InChI is InChI=1S/C12H16N4O2/c1-7(2)14-12-15-10(11(17)16-12)8-4-5-9(18-3)13-6-8/h4-7,10H,1-3H3,(H2,14,15,16,17). The summed E-state index contributed by atoms with van der Waals surface area (Å²) in [4.78, 5) is 20.2. The molecule has 0 spiro atoms. The highest BCUT2D eigenvalue weighted by Crippen LogP contribution is 2.21. The maximum atomic E-state index is 11.8. The third-order valence-corrected chi connectivity index (χ3v) is 2.46. The molecule has 0 fully saturated rings. The molecule has 0 aliphatic carbocycles. The summed E-state index contributed by atoms with van der Waals surface area (Å²) in [6.45, 7) is 3.97. The molecule has 96 valence electrons. The summed E-state index contributed by atoms with van der Waals surface area (Å²) in [5.74, 6) is 0.877. The van der Waals surface area contributed by atoms with Crippen LogP contribution in [0.1, 0.15) is 25.5 Å². The van der Waals surface area contributed by atoms with E-state index >= 15 is 0 Å². The van der Waals surface area contributed by atoms with Gasteiger partial charge < -0.3 is 10.1 Å². The van der Waals surface area contributed by atoms with Gasteiger partial charge >= 0.3 is 0 Å². The summed E-state index contributed by atoms with van der Waals surface area (Å²) >= 11 is 0. The maximum absolute atomic E-state index is 11.8. The van der Waals surface area contributed by atoms with E-state index < -0.39 is 6.04 Å². The van der Waals surface area contributed by atoms with E-state index in [1.807, 2.05) is 13.8 Å². The summed E-state index contributed by atoms with van der Waals surface area (Å²) in [5.41, 5.74) is 0.744. The molecular weight excluding hydrogens is 232 g/mol. The van der Waals surface area contributed by atoms with E-state index in [2.05, 4.69) is 20.6 Å². The predicted molar refractivity (Wildman–Crippen MR) is 67.4 cm³/mol. The van der Waals surface area contributed by atoms with Crippen molar-refractivity contribution in [2.75, 3.05) is 7.11 Å². The molecule has 1 amide bonds. The van der Waals surface area contributed by atoms with Crippen molar-refractivity contribution in [2.24, 2.45) is 4.99 Å². The number of amides is 1. The second-order valence-electron chi connectivity index (χ2n) is 4.30. The second kappa shape index (κ2) is 5.03. The quantitative estimate of drug-likeness (QED) is 0.822. The monoisotopic (exact) mass is 248 g/mol. The van der Waals surface area contributed by atoms with Gasteiger partial charge in [-0.3, -0.25) is 10.1 Å². The highest BCUT2D eigenvalue weighted by atomic mass is 16.5. The molecule has 6 nitrogen and oxygen atoms in total. The molecule has 1 aromatic rings. The molecule has 0 saturated heterocycles.